The van der Waals surface area contributed by atoms with Gasteiger partial charge in [0.15, 0.2) is 0 Å². The number of rotatable bonds is 5. The third-order valence-electron chi connectivity index (χ3n) is 3.74. The average molecular weight is 374 g/mol. The van der Waals surface area contributed by atoms with Gasteiger partial charge in [0.2, 0.25) is 0 Å². The zero-order valence-corrected chi connectivity index (χ0v) is 15.7. The van der Waals surface area contributed by atoms with E-state index in [-0.39, 0.29) is 4.90 Å². The molecule has 2 heterocycles. The largest absolute Gasteiger partial charge is 0.495 e. The second kappa shape index (κ2) is 6.85. The fraction of sp³-hybridized carbons (Fsp3) is 0.167. The molecule has 0 saturated heterocycles. The summed E-state index contributed by atoms with van der Waals surface area (Å²) in [7, 11) is -2.28. The predicted octanol–water partition coefficient (Wildman–Crippen LogP) is 4.24. The Balaban J connectivity index is 1.96. The second-order valence-corrected chi connectivity index (χ2v) is 8.58. The summed E-state index contributed by atoms with van der Waals surface area (Å²) in [6.07, 6.45) is 2.76. The molecular formula is C18H18N2O3S2. The number of nitrogens with zero attached hydrogens (tertiary/aromatic N) is 1. The van der Waals surface area contributed by atoms with Crippen molar-refractivity contribution in [1.82, 2.24) is 4.98 Å². The molecule has 0 atom stereocenters. The van der Waals surface area contributed by atoms with Crippen LogP contribution in [0.25, 0.3) is 10.4 Å². The molecule has 0 fully saturated rings. The van der Waals surface area contributed by atoms with Crippen molar-refractivity contribution in [2.45, 2.75) is 18.7 Å². The Kier molecular flexibility index (Phi) is 4.78. The predicted molar refractivity (Wildman–Crippen MR) is 101 cm³/mol. The van der Waals surface area contributed by atoms with Crippen molar-refractivity contribution < 1.29 is 13.2 Å². The maximum Gasteiger partial charge on any atom is 0.263 e. The van der Waals surface area contributed by atoms with Gasteiger partial charge in [-0.3, -0.25) is 9.71 Å². The average Bonchev–Trinajstić information content (AvgIpc) is 3.03. The summed E-state index contributed by atoms with van der Waals surface area (Å²) in [6.45, 7) is 3.91. The SMILES string of the molecule is COc1cncc(S(=O)(=O)Nc2cc(-c3ccc(C)s3)ccc2C)c1. The van der Waals surface area contributed by atoms with E-state index in [0.29, 0.717) is 11.4 Å². The van der Waals surface area contributed by atoms with Crippen molar-refractivity contribution >= 4 is 27.0 Å². The van der Waals surface area contributed by atoms with Gasteiger partial charge >= 0.3 is 0 Å². The van der Waals surface area contributed by atoms with E-state index in [9.17, 15) is 8.42 Å². The van der Waals surface area contributed by atoms with E-state index in [1.165, 1.54) is 30.4 Å². The number of hydrogen-bond donors (Lipinski definition) is 1. The quantitative estimate of drug-likeness (QED) is 0.725. The molecule has 0 aliphatic rings. The number of aryl methyl sites for hydroxylation is 2. The zero-order chi connectivity index (χ0) is 18.0. The van der Waals surface area contributed by atoms with Gasteiger partial charge in [0, 0.05) is 22.0 Å². The number of benzene rings is 1. The lowest BCUT2D eigenvalue weighted by Gasteiger charge is -2.12. The summed E-state index contributed by atoms with van der Waals surface area (Å²) in [6, 6.07) is 11.3. The highest BCUT2D eigenvalue weighted by Crippen LogP contribution is 2.31. The molecule has 2 aromatic heterocycles. The molecule has 130 valence electrons. The molecule has 0 aliphatic heterocycles. The number of pyridine rings is 1. The number of ether oxygens (including phenoxy) is 1. The summed E-state index contributed by atoms with van der Waals surface area (Å²) < 4.78 is 33.0. The van der Waals surface area contributed by atoms with Gasteiger partial charge in [0.05, 0.1) is 19.0 Å². The lowest BCUT2D eigenvalue weighted by Crippen LogP contribution is -2.14. The van der Waals surface area contributed by atoms with Crippen molar-refractivity contribution in [2.75, 3.05) is 11.8 Å². The van der Waals surface area contributed by atoms with Gasteiger partial charge in [-0.1, -0.05) is 12.1 Å². The highest BCUT2D eigenvalue weighted by molar-refractivity contribution is 7.92. The number of anilines is 1. The van der Waals surface area contributed by atoms with Crippen LogP contribution in [-0.2, 0) is 10.0 Å². The summed E-state index contributed by atoms with van der Waals surface area (Å²) in [5, 5.41) is 0. The number of thiophene rings is 1. The minimum atomic E-state index is -3.75. The van der Waals surface area contributed by atoms with Crippen LogP contribution in [0.5, 0.6) is 5.75 Å². The maximum atomic E-state index is 12.7. The Labute approximate surface area is 151 Å². The molecule has 0 amide bonds. The van der Waals surface area contributed by atoms with Crippen LogP contribution >= 0.6 is 11.3 Å². The van der Waals surface area contributed by atoms with Gasteiger partial charge in [0.1, 0.15) is 10.6 Å². The third kappa shape index (κ3) is 3.83. The van der Waals surface area contributed by atoms with Crippen LogP contribution in [0, 0.1) is 13.8 Å². The molecule has 3 rings (SSSR count). The molecule has 1 N–H and O–H groups in total. The third-order valence-corrected chi connectivity index (χ3v) is 6.12. The summed E-state index contributed by atoms with van der Waals surface area (Å²) in [5.41, 5.74) is 2.37. The highest BCUT2D eigenvalue weighted by Gasteiger charge is 2.17. The van der Waals surface area contributed by atoms with Crippen LogP contribution in [0.2, 0.25) is 0 Å². The van der Waals surface area contributed by atoms with E-state index in [0.717, 1.165) is 16.0 Å². The molecule has 0 saturated carbocycles. The monoisotopic (exact) mass is 374 g/mol. The minimum absolute atomic E-state index is 0.0589. The molecule has 0 bridgehead atoms. The van der Waals surface area contributed by atoms with Crippen LogP contribution < -0.4 is 9.46 Å². The Morgan fingerprint density at radius 1 is 1.08 bits per heavy atom. The van der Waals surface area contributed by atoms with Crippen molar-refractivity contribution in [3.63, 3.8) is 0 Å². The van der Waals surface area contributed by atoms with Crippen molar-refractivity contribution in [3.05, 3.63) is 59.2 Å². The summed E-state index contributed by atoms with van der Waals surface area (Å²) in [4.78, 5) is 6.28. The molecule has 1 aromatic carbocycles. The Morgan fingerprint density at radius 2 is 1.88 bits per heavy atom. The van der Waals surface area contributed by atoms with E-state index in [1.54, 1.807) is 11.3 Å². The van der Waals surface area contributed by atoms with E-state index in [2.05, 4.69) is 9.71 Å². The van der Waals surface area contributed by atoms with Crippen molar-refractivity contribution in [3.8, 4) is 16.2 Å². The first-order valence-electron chi connectivity index (χ1n) is 7.58. The molecule has 25 heavy (non-hydrogen) atoms. The smallest absolute Gasteiger partial charge is 0.263 e. The fourth-order valence-corrected chi connectivity index (χ4v) is 4.30. The maximum absolute atomic E-state index is 12.7. The summed E-state index contributed by atoms with van der Waals surface area (Å²) in [5.74, 6) is 0.391. The Morgan fingerprint density at radius 3 is 2.56 bits per heavy atom. The highest BCUT2D eigenvalue weighted by atomic mass is 32.2. The van der Waals surface area contributed by atoms with Gasteiger partial charge in [-0.15, -0.1) is 11.3 Å². The second-order valence-electron chi connectivity index (χ2n) is 5.61. The van der Waals surface area contributed by atoms with Crippen molar-refractivity contribution in [2.24, 2.45) is 0 Å². The minimum Gasteiger partial charge on any atom is -0.495 e. The molecule has 0 unspecified atom stereocenters. The first-order valence-corrected chi connectivity index (χ1v) is 9.88. The lowest BCUT2D eigenvalue weighted by molar-refractivity contribution is 0.411. The van der Waals surface area contributed by atoms with Gasteiger partial charge in [-0.25, -0.2) is 8.42 Å². The van der Waals surface area contributed by atoms with E-state index < -0.39 is 10.0 Å². The van der Waals surface area contributed by atoms with Crippen LogP contribution in [-0.4, -0.2) is 20.5 Å². The van der Waals surface area contributed by atoms with Gasteiger partial charge in [-0.05, 0) is 43.2 Å². The van der Waals surface area contributed by atoms with E-state index >= 15 is 0 Å². The van der Waals surface area contributed by atoms with Gasteiger partial charge in [0.25, 0.3) is 10.0 Å². The molecule has 0 radical (unpaired) electrons. The van der Waals surface area contributed by atoms with Crippen LogP contribution in [0.4, 0.5) is 5.69 Å². The Bertz CT molecular complexity index is 1010. The van der Waals surface area contributed by atoms with E-state index in [1.807, 2.05) is 44.2 Å². The first-order chi connectivity index (χ1) is 11.9. The zero-order valence-electron chi connectivity index (χ0n) is 14.1. The topological polar surface area (TPSA) is 68.3 Å². The number of sulfonamides is 1. The van der Waals surface area contributed by atoms with Crippen molar-refractivity contribution in [1.29, 1.82) is 0 Å². The molecular weight excluding hydrogens is 356 g/mol. The van der Waals surface area contributed by atoms with Crippen LogP contribution in [0.3, 0.4) is 0 Å². The number of methoxy groups -OCH3 is 1. The standard InChI is InChI=1S/C18H18N2O3S2/c1-12-4-6-14(18-7-5-13(2)24-18)8-17(12)20-25(21,22)16-9-15(23-3)10-19-11-16/h4-11,20H,1-3H3. The van der Waals surface area contributed by atoms with Gasteiger partial charge < -0.3 is 4.74 Å². The first kappa shape index (κ1) is 17.4. The molecule has 7 heteroatoms. The molecule has 0 spiro atoms. The number of hydrogen-bond acceptors (Lipinski definition) is 5. The van der Waals surface area contributed by atoms with Crippen LogP contribution in [0.1, 0.15) is 10.4 Å². The normalized spacial score (nSPS) is 11.3. The molecule has 0 aliphatic carbocycles. The van der Waals surface area contributed by atoms with Gasteiger partial charge in [-0.2, -0.15) is 0 Å². The summed E-state index contributed by atoms with van der Waals surface area (Å²) >= 11 is 1.67. The van der Waals surface area contributed by atoms with Crippen LogP contribution in [0.15, 0.2) is 53.7 Å². The lowest BCUT2D eigenvalue weighted by atomic mass is 10.1. The number of nitrogens with one attached hydrogen (secondary N) is 1. The molecule has 5 nitrogen and oxygen atoms in total. The number of aromatic nitrogens is 1. The fourth-order valence-electron chi connectivity index (χ4n) is 2.34. The molecule has 3 aromatic rings. The Hall–Kier alpha value is -2.38. The van der Waals surface area contributed by atoms with E-state index in [4.69, 9.17) is 4.74 Å².